The number of hydrogen-bond acceptors (Lipinski definition) is 7. The largest absolute Gasteiger partial charge is 0.395 e. The lowest BCUT2D eigenvalue weighted by atomic mass is 9.79. The average Bonchev–Trinajstić information content (AvgIpc) is 3.20. The SMILES string of the molecule is CC1(C)CC(=O)C2=C(C1)Nn1c(CCON=C(c3ccccc3)c3ccccc3)nnc1S2. The van der Waals surface area contributed by atoms with E-state index < -0.39 is 0 Å². The Morgan fingerprint density at radius 1 is 1.06 bits per heavy atom. The molecule has 2 heterocycles. The van der Waals surface area contributed by atoms with Crippen molar-refractivity contribution in [1.82, 2.24) is 14.9 Å². The fraction of sp³-hybridized carbons (Fsp3) is 0.280. The van der Waals surface area contributed by atoms with Crippen LogP contribution in [0.1, 0.15) is 43.6 Å². The molecule has 1 aromatic heterocycles. The lowest BCUT2D eigenvalue weighted by Gasteiger charge is -2.34. The molecular weight excluding hydrogens is 434 g/mol. The summed E-state index contributed by atoms with van der Waals surface area (Å²) in [6, 6.07) is 20.0. The summed E-state index contributed by atoms with van der Waals surface area (Å²) in [6.07, 6.45) is 1.90. The number of ketones is 1. The van der Waals surface area contributed by atoms with Crippen LogP contribution in [-0.4, -0.2) is 33.0 Å². The van der Waals surface area contributed by atoms with E-state index in [-0.39, 0.29) is 11.2 Å². The molecule has 0 bridgehead atoms. The summed E-state index contributed by atoms with van der Waals surface area (Å²) in [5, 5.41) is 13.7. The van der Waals surface area contributed by atoms with E-state index in [1.807, 2.05) is 65.3 Å². The second kappa shape index (κ2) is 8.86. The molecule has 0 unspecified atom stereocenters. The molecule has 0 fully saturated rings. The van der Waals surface area contributed by atoms with Gasteiger partial charge in [-0.3, -0.25) is 10.2 Å². The Balaban J connectivity index is 1.29. The monoisotopic (exact) mass is 459 g/mol. The highest BCUT2D eigenvalue weighted by Crippen LogP contribution is 2.44. The fourth-order valence-corrected chi connectivity index (χ4v) is 5.02. The lowest BCUT2D eigenvalue weighted by molar-refractivity contribution is -0.117. The summed E-state index contributed by atoms with van der Waals surface area (Å²) >= 11 is 1.40. The van der Waals surface area contributed by atoms with E-state index in [9.17, 15) is 4.79 Å². The summed E-state index contributed by atoms with van der Waals surface area (Å²) in [4.78, 5) is 19.1. The second-order valence-corrected chi connectivity index (χ2v) is 9.93. The molecule has 1 aliphatic carbocycles. The van der Waals surface area contributed by atoms with Crippen LogP contribution in [0, 0.1) is 5.41 Å². The molecule has 2 aliphatic rings. The molecule has 1 aliphatic heterocycles. The molecule has 1 N–H and O–H groups in total. The normalized spacial score (nSPS) is 16.5. The molecule has 0 amide bonds. The van der Waals surface area contributed by atoms with Gasteiger partial charge in [0.2, 0.25) is 5.16 Å². The highest BCUT2D eigenvalue weighted by atomic mass is 32.2. The number of fused-ring (bicyclic) bond motifs is 1. The minimum absolute atomic E-state index is 0.0573. The zero-order chi connectivity index (χ0) is 22.8. The van der Waals surface area contributed by atoms with Crippen molar-refractivity contribution in [1.29, 1.82) is 0 Å². The van der Waals surface area contributed by atoms with Crippen LogP contribution in [-0.2, 0) is 16.1 Å². The van der Waals surface area contributed by atoms with Crippen molar-refractivity contribution < 1.29 is 9.63 Å². The Hall–Kier alpha value is -3.39. The topological polar surface area (TPSA) is 81.4 Å². The van der Waals surface area contributed by atoms with Crippen LogP contribution >= 0.6 is 11.8 Å². The third kappa shape index (κ3) is 4.57. The molecule has 3 aromatic rings. The van der Waals surface area contributed by atoms with Crippen LogP contribution in [0.15, 0.2) is 81.6 Å². The van der Waals surface area contributed by atoms with Gasteiger partial charge in [-0.25, -0.2) is 4.68 Å². The van der Waals surface area contributed by atoms with E-state index in [0.717, 1.165) is 39.7 Å². The number of aromatic nitrogens is 3. The molecule has 33 heavy (non-hydrogen) atoms. The van der Waals surface area contributed by atoms with Crippen LogP contribution < -0.4 is 5.43 Å². The van der Waals surface area contributed by atoms with Gasteiger partial charge < -0.3 is 4.84 Å². The van der Waals surface area contributed by atoms with Gasteiger partial charge in [-0.2, -0.15) is 0 Å². The molecule has 168 valence electrons. The van der Waals surface area contributed by atoms with Gasteiger partial charge >= 0.3 is 0 Å². The number of benzene rings is 2. The van der Waals surface area contributed by atoms with Gasteiger partial charge in [-0.15, -0.1) is 10.2 Å². The minimum atomic E-state index is -0.0573. The zero-order valence-corrected chi connectivity index (χ0v) is 19.4. The predicted molar refractivity (Wildman–Crippen MR) is 128 cm³/mol. The van der Waals surface area contributed by atoms with Crippen molar-refractivity contribution in [3.63, 3.8) is 0 Å². The van der Waals surface area contributed by atoms with E-state index >= 15 is 0 Å². The third-order valence-electron chi connectivity index (χ3n) is 5.63. The number of carbonyl (C=O) groups excluding carboxylic acids is 1. The molecule has 8 heteroatoms. The lowest BCUT2D eigenvalue weighted by Crippen LogP contribution is -2.33. The summed E-state index contributed by atoms with van der Waals surface area (Å²) in [5.41, 5.74) is 7.03. The van der Waals surface area contributed by atoms with E-state index in [0.29, 0.717) is 24.6 Å². The van der Waals surface area contributed by atoms with Gasteiger partial charge in [0.05, 0.1) is 10.6 Å². The van der Waals surface area contributed by atoms with Crippen LogP contribution in [0.3, 0.4) is 0 Å². The average molecular weight is 460 g/mol. The molecule has 0 atom stereocenters. The van der Waals surface area contributed by atoms with E-state index in [4.69, 9.17) is 4.84 Å². The molecule has 0 spiro atoms. The molecule has 2 aromatic carbocycles. The maximum absolute atomic E-state index is 12.6. The first-order valence-corrected chi connectivity index (χ1v) is 11.8. The Labute approximate surface area is 196 Å². The summed E-state index contributed by atoms with van der Waals surface area (Å²) in [5.74, 6) is 0.914. The Bertz CT molecular complexity index is 1190. The first kappa shape index (κ1) is 21.5. The zero-order valence-electron chi connectivity index (χ0n) is 18.6. The first-order chi connectivity index (χ1) is 16.0. The molecule has 0 saturated heterocycles. The number of rotatable bonds is 6. The molecular formula is C25H25N5O2S. The van der Waals surface area contributed by atoms with E-state index in [1.54, 1.807) is 0 Å². The smallest absolute Gasteiger partial charge is 0.215 e. The standard InChI is InChI=1S/C25H25N5O2S/c1-25(2)15-19-23(20(31)16-25)33-24-27-26-21(30(24)28-19)13-14-32-29-22(17-9-5-3-6-10-17)18-11-7-4-8-12-18/h3-12,28H,13-16H2,1-2H3. The van der Waals surface area contributed by atoms with Gasteiger partial charge in [0.1, 0.15) is 12.3 Å². The Kier molecular flexibility index (Phi) is 5.76. The van der Waals surface area contributed by atoms with Gasteiger partial charge in [0.15, 0.2) is 11.6 Å². The third-order valence-corrected chi connectivity index (χ3v) is 6.75. The highest BCUT2D eigenvalue weighted by Gasteiger charge is 2.37. The van der Waals surface area contributed by atoms with Crippen molar-refractivity contribution in [2.24, 2.45) is 10.6 Å². The number of carbonyl (C=O) groups is 1. The second-order valence-electron chi connectivity index (χ2n) is 8.95. The van der Waals surface area contributed by atoms with Gasteiger partial charge in [-0.05, 0) is 23.6 Å². The van der Waals surface area contributed by atoms with Crippen LogP contribution in [0.2, 0.25) is 0 Å². The van der Waals surface area contributed by atoms with Crippen molar-refractivity contribution in [2.75, 3.05) is 12.0 Å². The van der Waals surface area contributed by atoms with Crippen LogP contribution in [0.25, 0.3) is 0 Å². The number of oxime groups is 1. The van der Waals surface area contributed by atoms with Gasteiger partial charge in [0, 0.05) is 24.0 Å². The maximum atomic E-state index is 12.6. The van der Waals surface area contributed by atoms with Crippen molar-refractivity contribution >= 4 is 23.3 Å². The minimum Gasteiger partial charge on any atom is -0.395 e. The van der Waals surface area contributed by atoms with Crippen LogP contribution in [0.4, 0.5) is 0 Å². The highest BCUT2D eigenvalue weighted by molar-refractivity contribution is 8.04. The number of thioether (sulfide) groups is 1. The maximum Gasteiger partial charge on any atom is 0.215 e. The van der Waals surface area contributed by atoms with Gasteiger partial charge in [0.25, 0.3) is 0 Å². The number of Topliss-reactive ketones (excluding diaryl/α,β-unsaturated/α-hetero) is 1. The quantitative estimate of drug-likeness (QED) is 0.331. The Morgan fingerprint density at radius 3 is 2.39 bits per heavy atom. The first-order valence-electron chi connectivity index (χ1n) is 11.0. The van der Waals surface area contributed by atoms with Gasteiger partial charge in [-0.1, -0.05) is 79.7 Å². The van der Waals surface area contributed by atoms with Crippen LogP contribution in [0.5, 0.6) is 0 Å². The van der Waals surface area contributed by atoms with Crippen molar-refractivity contribution in [3.05, 3.63) is 88.2 Å². The van der Waals surface area contributed by atoms with E-state index in [2.05, 4.69) is 34.6 Å². The number of allylic oxidation sites excluding steroid dienone is 2. The van der Waals surface area contributed by atoms with E-state index in [1.165, 1.54) is 11.8 Å². The summed E-state index contributed by atoms with van der Waals surface area (Å²) in [6.45, 7) is 4.59. The molecule has 0 radical (unpaired) electrons. The number of nitrogens with one attached hydrogen (secondary N) is 1. The molecule has 7 nitrogen and oxygen atoms in total. The Morgan fingerprint density at radius 2 is 1.73 bits per heavy atom. The fourth-order valence-electron chi connectivity index (χ4n) is 4.09. The number of nitrogens with zero attached hydrogens (tertiary/aromatic N) is 4. The number of hydrogen-bond donors (Lipinski definition) is 1. The summed E-state index contributed by atoms with van der Waals surface area (Å²) < 4.78 is 1.86. The summed E-state index contributed by atoms with van der Waals surface area (Å²) in [7, 11) is 0. The molecule has 5 rings (SSSR count). The van der Waals surface area contributed by atoms with Crippen molar-refractivity contribution in [2.45, 2.75) is 38.3 Å². The van der Waals surface area contributed by atoms with Crippen molar-refractivity contribution in [3.8, 4) is 0 Å². The molecule has 0 saturated carbocycles. The predicted octanol–water partition coefficient (Wildman–Crippen LogP) is 4.54.